The Hall–Kier alpha value is -0.0800. The average molecular weight is 227 g/mol. The van der Waals surface area contributed by atoms with Gasteiger partial charge in [0.05, 0.1) is 6.10 Å². The minimum Gasteiger partial charge on any atom is -0.393 e. The van der Waals surface area contributed by atoms with Crippen LogP contribution in [0.25, 0.3) is 0 Å². The van der Waals surface area contributed by atoms with Gasteiger partial charge in [-0.25, -0.2) is 0 Å². The van der Waals surface area contributed by atoms with Crippen LogP contribution in [0.4, 0.5) is 0 Å². The molecule has 0 spiro atoms. The zero-order valence-electron chi connectivity index (χ0n) is 11.4. The Morgan fingerprint density at radius 3 is 2.56 bits per heavy atom. The quantitative estimate of drug-likeness (QED) is 0.780. The molecule has 0 heterocycles. The van der Waals surface area contributed by atoms with E-state index >= 15 is 0 Å². The van der Waals surface area contributed by atoms with Crippen LogP contribution in [-0.2, 0) is 0 Å². The summed E-state index contributed by atoms with van der Waals surface area (Å²) in [5.41, 5.74) is 0. The van der Waals surface area contributed by atoms with Crippen LogP contribution in [-0.4, -0.2) is 35.7 Å². The summed E-state index contributed by atoms with van der Waals surface area (Å²) in [4.78, 5) is 2.36. The van der Waals surface area contributed by atoms with Gasteiger partial charge in [0.25, 0.3) is 0 Å². The van der Waals surface area contributed by atoms with Gasteiger partial charge in [0.15, 0.2) is 0 Å². The second-order valence-corrected chi connectivity index (χ2v) is 5.83. The Bertz CT molecular complexity index is 193. The monoisotopic (exact) mass is 227 g/mol. The first kappa shape index (κ1) is 14.0. The van der Waals surface area contributed by atoms with Crippen LogP contribution in [0.1, 0.15) is 52.9 Å². The van der Waals surface area contributed by atoms with Gasteiger partial charge in [-0.05, 0) is 52.0 Å². The van der Waals surface area contributed by atoms with Gasteiger partial charge in [0.1, 0.15) is 0 Å². The van der Waals surface area contributed by atoms with Crippen LogP contribution < -0.4 is 0 Å². The van der Waals surface area contributed by atoms with Crippen LogP contribution >= 0.6 is 0 Å². The highest BCUT2D eigenvalue weighted by Crippen LogP contribution is 2.32. The lowest BCUT2D eigenvalue weighted by Gasteiger charge is -2.36. The second-order valence-electron chi connectivity index (χ2n) is 5.83. The van der Waals surface area contributed by atoms with Crippen LogP contribution in [0, 0.1) is 11.8 Å². The summed E-state index contributed by atoms with van der Waals surface area (Å²) in [7, 11) is 2.17. The molecule has 1 rings (SSSR count). The molecule has 0 aromatic rings. The number of aliphatic hydroxyl groups excluding tert-OH is 1. The Morgan fingerprint density at radius 1 is 1.31 bits per heavy atom. The van der Waals surface area contributed by atoms with Crippen molar-refractivity contribution in [2.24, 2.45) is 11.8 Å². The molecule has 2 heteroatoms. The Balaban J connectivity index is 2.43. The fraction of sp³-hybridized carbons (Fsp3) is 1.00. The normalized spacial score (nSPS) is 31.3. The Morgan fingerprint density at radius 2 is 2.00 bits per heavy atom. The molecule has 96 valence electrons. The maximum Gasteiger partial charge on any atom is 0.0580 e. The summed E-state index contributed by atoms with van der Waals surface area (Å²) >= 11 is 0. The van der Waals surface area contributed by atoms with Crippen molar-refractivity contribution in [1.82, 2.24) is 4.90 Å². The van der Waals surface area contributed by atoms with E-state index in [9.17, 15) is 5.11 Å². The zero-order chi connectivity index (χ0) is 12.1. The predicted octanol–water partition coefficient (Wildman–Crippen LogP) is 2.90. The molecule has 0 aromatic carbocycles. The summed E-state index contributed by atoms with van der Waals surface area (Å²) in [6, 6.07) is 0.582. The van der Waals surface area contributed by atoms with Crippen molar-refractivity contribution < 1.29 is 5.11 Å². The highest BCUT2D eigenvalue weighted by molar-refractivity contribution is 4.82. The molecule has 1 saturated carbocycles. The topological polar surface area (TPSA) is 23.5 Å². The van der Waals surface area contributed by atoms with Crippen LogP contribution in [0.5, 0.6) is 0 Å². The van der Waals surface area contributed by atoms with Gasteiger partial charge in [0.2, 0.25) is 0 Å². The fourth-order valence-corrected chi connectivity index (χ4v) is 2.79. The average Bonchev–Trinajstić information content (AvgIpc) is 2.23. The van der Waals surface area contributed by atoms with Gasteiger partial charge in [-0.1, -0.05) is 19.8 Å². The molecule has 1 N–H and O–H groups in total. The largest absolute Gasteiger partial charge is 0.393 e. The third-order valence-corrected chi connectivity index (χ3v) is 4.15. The van der Waals surface area contributed by atoms with E-state index in [-0.39, 0.29) is 6.10 Å². The lowest BCUT2D eigenvalue weighted by atomic mass is 9.77. The number of rotatable bonds is 5. The highest BCUT2D eigenvalue weighted by Gasteiger charge is 2.29. The molecule has 1 fully saturated rings. The first-order valence-electron chi connectivity index (χ1n) is 6.92. The Kier molecular flexibility index (Phi) is 5.77. The summed E-state index contributed by atoms with van der Waals surface area (Å²) in [5, 5.41) is 10.1. The molecule has 0 amide bonds. The maximum absolute atomic E-state index is 10.1. The number of hydrogen-bond acceptors (Lipinski definition) is 2. The van der Waals surface area contributed by atoms with Crippen LogP contribution in [0.3, 0.4) is 0 Å². The van der Waals surface area contributed by atoms with Crippen LogP contribution in [0.2, 0.25) is 0 Å². The van der Waals surface area contributed by atoms with Gasteiger partial charge < -0.3 is 10.0 Å². The van der Waals surface area contributed by atoms with E-state index in [0.29, 0.717) is 12.0 Å². The molecule has 0 aliphatic heterocycles. The molecule has 1 aliphatic rings. The van der Waals surface area contributed by atoms with Crippen LogP contribution in [0.15, 0.2) is 0 Å². The summed E-state index contributed by atoms with van der Waals surface area (Å²) < 4.78 is 0. The van der Waals surface area contributed by atoms with Gasteiger partial charge in [-0.15, -0.1) is 0 Å². The van der Waals surface area contributed by atoms with Gasteiger partial charge in [0, 0.05) is 12.6 Å². The fourth-order valence-electron chi connectivity index (χ4n) is 2.79. The molecule has 3 unspecified atom stereocenters. The smallest absolute Gasteiger partial charge is 0.0580 e. The van der Waals surface area contributed by atoms with Crippen molar-refractivity contribution in [1.29, 1.82) is 0 Å². The molecule has 2 nitrogen and oxygen atoms in total. The lowest BCUT2D eigenvalue weighted by molar-refractivity contribution is 0.0255. The van der Waals surface area contributed by atoms with E-state index in [1.807, 2.05) is 0 Å². The standard InChI is InChI=1S/C14H29NO/c1-5-6-12-7-8-14(16)13(9-12)10-15(4)11(2)3/h11-14,16H,5-10H2,1-4H3. The molecule has 16 heavy (non-hydrogen) atoms. The molecule has 0 radical (unpaired) electrons. The second kappa shape index (κ2) is 6.61. The summed E-state index contributed by atoms with van der Waals surface area (Å²) in [6.07, 6.45) is 6.04. The van der Waals surface area contributed by atoms with Crippen molar-refractivity contribution in [3.8, 4) is 0 Å². The lowest BCUT2D eigenvalue weighted by Crippen LogP contribution is -2.39. The van der Waals surface area contributed by atoms with Crippen molar-refractivity contribution in [3.05, 3.63) is 0 Å². The highest BCUT2D eigenvalue weighted by atomic mass is 16.3. The first-order valence-corrected chi connectivity index (χ1v) is 6.92. The van der Waals surface area contributed by atoms with Gasteiger partial charge in [-0.2, -0.15) is 0 Å². The number of hydrogen-bond donors (Lipinski definition) is 1. The minimum atomic E-state index is -0.0608. The SMILES string of the molecule is CCCC1CCC(O)C(CN(C)C(C)C)C1. The molecule has 3 atom stereocenters. The molecule has 0 saturated heterocycles. The molecular weight excluding hydrogens is 198 g/mol. The third-order valence-electron chi connectivity index (χ3n) is 4.15. The van der Waals surface area contributed by atoms with E-state index in [4.69, 9.17) is 0 Å². The van der Waals surface area contributed by atoms with Gasteiger partial charge in [-0.3, -0.25) is 0 Å². The molecule has 1 aliphatic carbocycles. The first-order chi connectivity index (χ1) is 7.54. The molecular formula is C14H29NO. The molecule has 0 bridgehead atoms. The predicted molar refractivity (Wildman–Crippen MR) is 69.5 cm³/mol. The number of nitrogens with zero attached hydrogens (tertiary/aromatic N) is 1. The minimum absolute atomic E-state index is 0.0608. The van der Waals surface area contributed by atoms with Crippen molar-refractivity contribution in [3.63, 3.8) is 0 Å². The zero-order valence-corrected chi connectivity index (χ0v) is 11.4. The van der Waals surface area contributed by atoms with Gasteiger partial charge >= 0.3 is 0 Å². The number of aliphatic hydroxyl groups is 1. The van der Waals surface area contributed by atoms with E-state index < -0.39 is 0 Å². The third kappa shape index (κ3) is 4.06. The van der Waals surface area contributed by atoms with Crippen molar-refractivity contribution in [2.45, 2.75) is 65.0 Å². The van der Waals surface area contributed by atoms with E-state index in [0.717, 1.165) is 18.9 Å². The van der Waals surface area contributed by atoms with E-state index in [1.54, 1.807) is 0 Å². The maximum atomic E-state index is 10.1. The van der Waals surface area contributed by atoms with Crippen molar-refractivity contribution >= 4 is 0 Å². The summed E-state index contributed by atoms with van der Waals surface area (Å²) in [6.45, 7) is 7.76. The van der Waals surface area contributed by atoms with E-state index in [2.05, 4.69) is 32.7 Å². The molecule has 0 aromatic heterocycles. The van der Waals surface area contributed by atoms with E-state index in [1.165, 1.54) is 25.7 Å². The van der Waals surface area contributed by atoms with Crippen molar-refractivity contribution in [2.75, 3.05) is 13.6 Å². The summed E-state index contributed by atoms with van der Waals surface area (Å²) in [5.74, 6) is 1.36. The Labute approximate surface area is 101 Å².